The third-order valence-corrected chi connectivity index (χ3v) is 3.59. The lowest BCUT2D eigenvalue weighted by Gasteiger charge is -2.08. The molecule has 5 heteroatoms. The minimum absolute atomic E-state index is 0.123. The van der Waals surface area contributed by atoms with Gasteiger partial charge in [-0.25, -0.2) is 0 Å². The first kappa shape index (κ1) is 10.6. The van der Waals surface area contributed by atoms with Gasteiger partial charge in [0, 0.05) is 12.2 Å². The van der Waals surface area contributed by atoms with Crippen molar-refractivity contribution in [2.75, 3.05) is 5.73 Å². The molecule has 1 aromatic heterocycles. The third-order valence-electron chi connectivity index (χ3n) is 3.59. The van der Waals surface area contributed by atoms with Gasteiger partial charge in [0.25, 0.3) is 5.91 Å². The Morgan fingerprint density at radius 3 is 2.71 bits per heavy atom. The Labute approximate surface area is 100 Å². The fourth-order valence-electron chi connectivity index (χ4n) is 2.42. The van der Waals surface area contributed by atoms with E-state index in [0.29, 0.717) is 23.5 Å². The zero-order chi connectivity index (χ0) is 11.8. The van der Waals surface area contributed by atoms with Crippen molar-refractivity contribution >= 4 is 11.6 Å². The highest BCUT2D eigenvalue weighted by Crippen LogP contribution is 2.30. The van der Waals surface area contributed by atoms with Crippen molar-refractivity contribution in [2.24, 2.45) is 0 Å². The van der Waals surface area contributed by atoms with Crippen molar-refractivity contribution in [1.82, 2.24) is 15.1 Å². The summed E-state index contributed by atoms with van der Waals surface area (Å²) >= 11 is 0. The highest BCUT2D eigenvalue weighted by molar-refractivity contribution is 5.97. The maximum atomic E-state index is 11.9. The molecule has 2 aliphatic rings. The van der Waals surface area contributed by atoms with E-state index in [9.17, 15) is 4.79 Å². The van der Waals surface area contributed by atoms with E-state index in [1.807, 2.05) is 4.68 Å². The number of hydrogen-bond acceptors (Lipinski definition) is 3. The third kappa shape index (κ3) is 2.14. The van der Waals surface area contributed by atoms with Crippen LogP contribution in [0.4, 0.5) is 5.69 Å². The highest BCUT2D eigenvalue weighted by Gasteiger charge is 2.27. The normalized spacial score (nSPS) is 20.7. The second kappa shape index (κ2) is 4.05. The monoisotopic (exact) mass is 234 g/mol. The molecule has 0 atom stereocenters. The minimum Gasteiger partial charge on any atom is -0.396 e. The fraction of sp³-hybridized carbons (Fsp3) is 0.667. The summed E-state index contributed by atoms with van der Waals surface area (Å²) < 4.78 is 1.88. The quantitative estimate of drug-likeness (QED) is 0.831. The number of aromatic nitrogens is 2. The van der Waals surface area contributed by atoms with Crippen molar-refractivity contribution < 1.29 is 4.79 Å². The maximum absolute atomic E-state index is 11.9. The van der Waals surface area contributed by atoms with Crippen LogP contribution in [0.5, 0.6) is 0 Å². The summed E-state index contributed by atoms with van der Waals surface area (Å²) in [6.45, 7) is 0. The summed E-state index contributed by atoms with van der Waals surface area (Å²) in [5.41, 5.74) is 6.75. The molecule has 0 bridgehead atoms. The minimum atomic E-state index is -0.123. The van der Waals surface area contributed by atoms with Gasteiger partial charge >= 0.3 is 0 Å². The highest BCUT2D eigenvalue weighted by atomic mass is 16.2. The summed E-state index contributed by atoms with van der Waals surface area (Å²) in [6.07, 6.45) is 8.74. The number of nitrogens with two attached hydrogens (primary N) is 1. The van der Waals surface area contributed by atoms with Crippen molar-refractivity contribution in [2.45, 2.75) is 50.6 Å². The van der Waals surface area contributed by atoms with E-state index in [-0.39, 0.29) is 5.91 Å². The fourth-order valence-corrected chi connectivity index (χ4v) is 2.42. The van der Waals surface area contributed by atoms with Crippen LogP contribution in [0.2, 0.25) is 0 Å². The van der Waals surface area contributed by atoms with E-state index in [0.717, 1.165) is 25.7 Å². The van der Waals surface area contributed by atoms with E-state index >= 15 is 0 Å². The first-order valence-electron chi connectivity index (χ1n) is 6.39. The molecular formula is C12H18N4O. The molecule has 0 spiro atoms. The molecular weight excluding hydrogens is 216 g/mol. The standard InChI is InChI=1S/C12H18N4O/c13-10-7-16(9-3-1-2-4-9)15-11(10)12(17)14-8-5-6-8/h7-9H,1-6,13H2,(H,14,17). The van der Waals surface area contributed by atoms with Crippen LogP contribution in [0.3, 0.4) is 0 Å². The van der Waals surface area contributed by atoms with E-state index < -0.39 is 0 Å². The largest absolute Gasteiger partial charge is 0.396 e. The van der Waals surface area contributed by atoms with Gasteiger partial charge in [0.15, 0.2) is 5.69 Å². The van der Waals surface area contributed by atoms with Crippen LogP contribution in [0.15, 0.2) is 6.20 Å². The smallest absolute Gasteiger partial charge is 0.274 e. The van der Waals surface area contributed by atoms with Gasteiger partial charge in [-0.2, -0.15) is 5.10 Å². The second-order valence-corrected chi connectivity index (χ2v) is 5.10. The number of rotatable bonds is 3. The lowest BCUT2D eigenvalue weighted by atomic mass is 10.3. The molecule has 0 unspecified atom stereocenters. The maximum Gasteiger partial charge on any atom is 0.274 e. The van der Waals surface area contributed by atoms with Gasteiger partial charge in [0.1, 0.15) is 0 Å². The first-order chi connectivity index (χ1) is 8.24. The molecule has 0 aromatic carbocycles. The predicted molar refractivity (Wildman–Crippen MR) is 64.6 cm³/mol. The SMILES string of the molecule is Nc1cn(C2CCCC2)nc1C(=O)NC1CC1. The summed E-state index contributed by atoms with van der Waals surface area (Å²) in [6, 6.07) is 0.776. The molecule has 1 amide bonds. The lowest BCUT2D eigenvalue weighted by Crippen LogP contribution is -2.26. The molecule has 1 aromatic rings. The molecule has 1 heterocycles. The summed E-state index contributed by atoms with van der Waals surface area (Å²) in [5.74, 6) is -0.123. The van der Waals surface area contributed by atoms with Crippen LogP contribution >= 0.6 is 0 Å². The van der Waals surface area contributed by atoms with Gasteiger partial charge in [-0.15, -0.1) is 0 Å². The van der Waals surface area contributed by atoms with Crippen LogP contribution in [0, 0.1) is 0 Å². The molecule has 5 nitrogen and oxygen atoms in total. The Bertz CT molecular complexity index is 430. The molecule has 0 saturated heterocycles. The Hall–Kier alpha value is -1.52. The van der Waals surface area contributed by atoms with E-state index in [4.69, 9.17) is 5.73 Å². The van der Waals surface area contributed by atoms with Gasteiger partial charge < -0.3 is 11.1 Å². The van der Waals surface area contributed by atoms with Gasteiger partial charge in [0.05, 0.1) is 11.7 Å². The average Bonchev–Trinajstić information content (AvgIpc) is 2.83. The van der Waals surface area contributed by atoms with Gasteiger partial charge in [-0.05, 0) is 25.7 Å². The van der Waals surface area contributed by atoms with Crippen LogP contribution in [0.1, 0.15) is 55.1 Å². The molecule has 3 rings (SSSR count). The second-order valence-electron chi connectivity index (χ2n) is 5.10. The number of nitrogens with zero attached hydrogens (tertiary/aromatic N) is 2. The Balaban J connectivity index is 1.76. The molecule has 0 aliphatic heterocycles. The Morgan fingerprint density at radius 1 is 1.35 bits per heavy atom. The zero-order valence-electron chi connectivity index (χ0n) is 9.85. The van der Waals surface area contributed by atoms with Crippen LogP contribution < -0.4 is 11.1 Å². The number of amides is 1. The molecule has 17 heavy (non-hydrogen) atoms. The van der Waals surface area contributed by atoms with Crippen LogP contribution in [0.25, 0.3) is 0 Å². The lowest BCUT2D eigenvalue weighted by molar-refractivity contribution is 0.0946. The van der Waals surface area contributed by atoms with Crippen molar-refractivity contribution in [3.8, 4) is 0 Å². The molecule has 2 saturated carbocycles. The molecule has 2 aliphatic carbocycles. The van der Waals surface area contributed by atoms with Gasteiger partial charge in [-0.1, -0.05) is 12.8 Å². The average molecular weight is 234 g/mol. The first-order valence-corrected chi connectivity index (χ1v) is 6.39. The topological polar surface area (TPSA) is 72.9 Å². The molecule has 92 valence electrons. The van der Waals surface area contributed by atoms with E-state index in [2.05, 4.69) is 10.4 Å². The van der Waals surface area contributed by atoms with Crippen LogP contribution in [-0.4, -0.2) is 21.7 Å². The van der Waals surface area contributed by atoms with Gasteiger partial charge in [-0.3, -0.25) is 9.48 Å². The summed E-state index contributed by atoms with van der Waals surface area (Å²) in [7, 11) is 0. The van der Waals surface area contributed by atoms with E-state index in [1.54, 1.807) is 6.20 Å². The summed E-state index contributed by atoms with van der Waals surface area (Å²) in [5, 5.41) is 7.27. The Kier molecular flexibility index (Phi) is 2.53. The number of carbonyl (C=O) groups is 1. The molecule has 2 fully saturated rings. The zero-order valence-corrected chi connectivity index (χ0v) is 9.85. The predicted octanol–water partition coefficient (Wildman–Crippen LogP) is 1.47. The van der Waals surface area contributed by atoms with Crippen molar-refractivity contribution in [3.05, 3.63) is 11.9 Å². The number of nitrogen functional groups attached to an aromatic ring is 1. The van der Waals surface area contributed by atoms with E-state index in [1.165, 1.54) is 12.8 Å². The van der Waals surface area contributed by atoms with Crippen molar-refractivity contribution in [1.29, 1.82) is 0 Å². The van der Waals surface area contributed by atoms with Crippen LogP contribution in [-0.2, 0) is 0 Å². The molecule has 0 radical (unpaired) electrons. The number of carbonyl (C=O) groups excluding carboxylic acids is 1. The van der Waals surface area contributed by atoms with Crippen molar-refractivity contribution in [3.63, 3.8) is 0 Å². The Morgan fingerprint density at radius 2 is 2.06 bits per heavy atom. The number of anilines is 1. The number of hydrogen-bond donors (Lipinski definition) is 2. The van der Waals surface area contributed by atoms with Gasteiger partial charge in [0.2, 0.25) is 0 Å². The summed E-state index contributed by atoms with van der Waals surface area (Å²) in [4.78, 5) is 11.9. The number of nitrogens with one attached hydrogen (secondary N) is 1. The molecule has 3 N–H and O–H groups in total.